The van der Waals surface area contributed by atoms with Crippen LogP contribution in [0, 0.1) is 6.92 Å². The van der Waals surface area contributed by atoms with Crippen LogP contribution in [0.1, 0.15) is 24.9 Å². The van der Waals surface area contributed by atoms with Gasteiger partial charge in [0, 0.05) is 27.5 Å². The number of para-hydroxylation sites is 1. The van der Waals surface area contributed by atoms with Crippen LogP contribution in [-0.4, -0.2) is 35.8 Å². The van der Waals surface area contributed by atoms with Crippen molar-refractivity contribution in [3.05, 3.63) is 57.9 Å². The molecule has 0 aliphatic rings. The Hall–Kier alpha value is -2.93. The Balaban J connectivity index is 1.50. The molecule has 0 unspecified atom stereocenters. The number of Topliss-reactive ketones (excluding diaryl/α,β-unsaturated/α-hetero) is 1. The quantitative estimate of drug-likeness (QED) is 0.525. The van der Waals surface area contributed by atoms with Gasteiger partial charge in [-0.2, -0.15) is 0 Å². The van der Waals surface area contributed by atoms with Crippen LogP contribution in [0.4, 0.5) is 0 Å². The lowest BCUT2D eigenvalue weighted by atomic mass is 10.1. The molecule has 1 amide bonds. The fourth-order valence-electron chi connectivity index (χ4n) is 2.37. The van der Waals surface area contributed by atoms with Gasteiger partial charge in [0.1, 0.15) is 6.54 Å². The summed E-state index contributed by atoms with van der Waals surface area (Å²) in [4.78, 5) is 40.3. The SMILES string of the molecule is Cc1ccc(C(=O)NCC(=O)OCC(=O)c2c[nH]c3ccccc23)s1. The van der Waals surface area contributed by atoms with Crippen LogP contribution in [0.15, 0.2) is 42.6 Å². The molecule has 2 heterocycles. The molecule has 128 valence electrons. The maximum atomic E-state index is 12.2. The van der Waals surface area contributed by atoms with Gasteiger partial charge in [-0.25, -0.2) is 0 Å². The maximum Gasteiger partial charge on any atom is 0.325 e. The molecule has 25 heavy (non-hydrogen) atoms. The minimum absolute atomic E-state index is 0.281. The Morgan fingerprint density at radius 2 is 1.96 bits per heavy atom. The Morgan fingerprint density at radius 3 is 2.72 bits per heavy atom. The lowest BCUT2D eigenvalue weighted by Crippen LogP contribution is -2.31. The number of benzene rings is 1. The number of rotatable bonds is 6. The van der Waals surface area contributed by atoms with Gasteiger partial charge in [-0.3, -0.25) is 14.4 Å². The Morgan fingerprint density at radius 1 is 1.16 bits per heavy atom. The number of fused-ring (bicyclic) bond motifs is 1. The first-order valence-corrected chi connectivity index (χ1v) is 8.46. The van der Waals surface area contributed by atoms with E-state index in [0.717, 1.165) is 15.8 Å². The number of thiophene rings is 1. The molecule has 0 atom stereocenters. The second-order valence-corrected chi connectivity index (χ2v) is 6.71. The van der Waals surface area contributed by atoms with Crippen molar-refractivity contribution in [1.82, 2.24) is 10.3 Å². The first-order valence-electron chi connectivity index (χ1n) is 7.64. The van der Waals surface area contributed by atoms with E-state index in [2.05, 4.69) is 10.3 Å². The third-order valence-electron chi connectivity index (χ3n) is 3.61. The van der Waals surface area contributed by atoms with E-state index in [1.165, 1.54) is 11.3 Å². The molecule has 0 saturated heterocycles. The predicted molar refractivity (Wildman–Crippen MR) is 95.0 cm³/mol. The van der Waals surface area contributed by atoms with E-state index in [-0.39, 0.29) is 24.8 Å². The lowest BCUT2D eigenvalue weighted by molar-refractivity contribution is -0.141. The van der Waals surface area contributed by atoms with Crippen LogP contribution in [0.25, 0.3) is 10.9 Å². The highest BCUT2D eigenvalue weighted by atomic mass is 32.1. The molecule has 1 aromatic carbocycles. The highest BCUT2D eigenvalue weighted by molar-refractivity contribution is 7.13. The number of H-pyrrole nitrogens is 1. The Bertz CT molecular complexity index is 941. The number of ether oxygens (including phenoxy) is 1. The average Bonchev–Trinajstić information content (AvgIpc) is 3.23. The number of hydrogen-bond acceptors (Lipinski definition) is 5. The van der Waals surface area contributed by atoms with Crippen LogP contribution < -0.4 is 5.32 Å². The van der Waals surface area contributed by atoms with E-state index < -0.39 is 5.97 Å². The molecule has 3 rings (SSSR count). The van der Waals surface area contributed by atoms with Gasteiger partial charge in [-0.1, -0.05) is 18.2 Å². The number of carbonyl (C=O) groups excluding carboxylic acids is 3. The van der Waals surface area contributed by atoms with E-state index in [1.807, 2.05) is 37.3 Å². The van der Waals surface area contributed by atoms with Crippen molar-refractivity contribution in [2.24, 2.45) is 0 Å². The van der Waals surface area contributed by atoms with E-state index in [4.69, 9.17) is 4.74 Å². The fourth-order valence-corrected chi connectivity index (χ4v) is 3.16. The van der Waals surface area contributed by atoms with Crippen molar-refractivity contribution < 1.29 is 19.1 Å². The topological polar surface area (TPSA) is 88.3 Å². The molecule has 2 aromatic heterocycles. The second-order valence-electron chi connectivity index (χ2n) is 5.42. The molecule has 0 saturated carbocycles. The standard InChI is InChI=1S/C18H16N2O4S/c1-11-6-7-16(25-11)18(23)20-9-17(22)24-10-15(21)13-8-19-14-5-3-2-4-12(13)14/h2-8,19H,9-10H2,1H3,(H,20,23). The van der Waals surface area contributed by atoms with Crippen molar-refractivity contribution >= 4 is 39.9 Å². The summed E-state index contributed by atoms with van der Waals surface area (Å²) < 4.78 is 4.95. The van der Waals surface area contributed by atoms with Gasteiger partial charge in [-0.15, -0.1) is 11.3 Å². The average molecular weight is 356 g/mol. The van der Waals surface area contributed by atoms with Crippen LogP contribution >= 0.6 is 11.3 Å². The smallest absolute Gasteiger partial charge is 0.325 e. The molecule has 7 heteroatoms. The number of ketones is 1. The van der Waals surface area contributed by atoms with E-state index in [1.54, 1.807) is 12.3 Å². The summed E-state index contributed by atoms with van der Waals surface area (Å²) in [6.45, 7) is 1.25. The van der Waals surface area contributed by atoms with Crippen LogP contribution in [-0.2, 0) is 9.53 Å². The number of esters is 1. The zero-order valence-corrected chi connectivity index (χ0v) is 14.3. The molecule has 0 spiro atoms. The normalized spacial score (nSPS) is 10.6. The molecule has 0 radical (unpaired) electrons. The summed E-state index contributed by atoms with van der Waals surface area (Å²) in [5, 5.41) is 3.26. The number of aromatic nitrogens is 1. The lowest BCUT2D eigenvalue weighted by Gasteiger charge is -2.05. The van der Waals surface area contributed by atoms with E-state index in [9.17, 15) is 14.4 Å². The van der Waals surface area contributed by atoms with Crippen molar-refractivity contribution in [3.63, 3.8) is 0 Å². The van der Waals surface area contributed by atoms with Gasteiger partial charge >= 0.3 is 5.97 Å². The molecular weight excluding hydrogens is 340 g/mol. The summed E-state index contributed by atoms with van der Waals surface area (Å²) in [5.74, 6) is -1.29. The molecule has 3 aromatic rings. The van der Waals surface area contributed by atoms with Crippen LogP contribution in [0.2, 0.25) is 0 Å². The summed E-state index contributed by atoms with van der Waals surface area (Å²) in [6, 6.07) is 10.9. The first-order chi connectivity index (χ1) is 12.0. The fraction of sp³-hybridized carbons (Fsp3) is 0.167. The van der Waals surface area contributed by atoms with Gasteiger partial charge in [0.2, 0.25) is 5.78 Å². The van der Waals surface area contributed by atoms with Gasteiger partial charge in [0.05, 0.1) is 4.88 Å². The number of nitrogens with one attached hydrogen (secondary N) is 2. The molecule has 0 aliphatic heterocycles. The summed E-state index contributed by atoms with van der Waals surface area (Å²) in [5.41, 5.74) is 1.32. The predicted octanol–water partition coefficient (Wildman–Crippen LogP) is 2.69. The van der Waals surface area contributed by atoms with Crippen molar-refractivity contribution in [1.29, 1.82) is 0 Å². The molecule has 0 fully saturated rings. The van der Waals surface area contributed by atoms with Crippen LogP contribution in [0.3, 0.4) is 0 Å². The molecule has 2 N–H and O–H groups in total. The third kappa shape index (κ3) is 3.95. The number of amides is 1. The summed E-state index contributed by atoms with van der Waals surface area (Å²) in [7, 11) is 0. The van der Waals surface area contributed by atoms with E-state index >= 15 is 0 Å². The van der Waals surface area contributed by atoms with Crippen molar-refractivity contribution in [2.75, 3.05) is 13.2 Å². The molecule has 6 nitrogen and oxygen atoms in total. The van der Waals surface area contributed by atoms with Crippen molar-refractivity contribution in [3.8, 4) is 0 Å². The highest BCUT2D eigenvalue weighted by Gasteiger charge is 2.15. The minimum atomic E-state index is -0.658. The maximum absolute atomic E-state index is 12.2. The zero-order valence-electron chi connectivity index (χ0n) is 13.5. The molecule has 0 aliphatic carbocycles. The first kappa shape index (κ1) is 16.9. The molecular formula is C18H16N2O4S. The monoisotopic (exact) mass is 356 g/mol. The van der Waals surface area contributed by atoms with Gasteiger partial charge in [-0.05, 0) is 25.1 Å². The number of hydrogen-bond donors (Lipinski definition) is 2. The second kappa shape index (κ2) is 7.31. The van der Waals surface area contributed by atoms with Gasteiger partial charge in [0.25, 0.3) is 5.91 Å². The van der Waals surface area contributed by atoms with E-state index in [0.29, 0.717) is 10.4 Å². The van der Waals surface area contributed by atoms with Crippen LogP contribution in [0.5, 0.6) is 0 Å². The Kier molecular flexibility index (Phi) is 4.95. The van der Waals surface area contributed by atoms with Crippen molar-refractivity contribution in [2.45, 2.75) is 6.92 Å². The summed E-state index contributed by atoms with van der Waals surface area (Å²) in [6.07, 6.45) is 1.60. The number of aromatic amines is 1. The highest BCUT2D eigenvalue weighted by Crippen LogP contribution is 2.18. The van der Waals surface area contributed by atoms with Gasteiger partial charge < -0.3 is 15.0 Å². The minimum Gasteiger partial charge on any atom is -0.456 e. The number of carbonyl (C=O) groups is 3. The third-order valence-corrected chi connectivity index (χ3v) is 4.61. The Labute approximate surface area is 147 Å². The number of aryl methyl sites for hydroxylation is 1. The summed E-state index contributed by atoms with van der Waals surface area (Å²) >= 11 is 1.34. The zero-order chi connectivity index (χ0) is 17.8. The largest absolute Gasteiger partial charge is 0.456 e. The molecule has 0 bridgehead atoms. The van der Waals surface area contributed by atoms with Gasteiger partial charge in [0.15, 0.2) is 6.61 Å².